The second kappa shape index (κ2) is 7.11. The number of benzene rings is 1. The van der Waals surface area contributed by atoms with Gasteiger partial charge in [0.25, 0.3) is 5.91 Å². The van der Waals surface area contributed by atoms with Crippen molar-refractivity contribution < 1.29 is 4.79 Å². The van der Waals surface area contributed by atoms with Crippen molar-refractivity contribution in [3.05, 3.63) is 46.2 Å². The zero-order valence-electron chi connectivity index (χ0n) is 13.7. The average molecular weight is 343 g/mol. The number of imidazole rings is 1. The van der Waals surface area contributed by atoms with E-state index in [1.165, 1.54) is 11.3 Å². The molecule has 0 aliphatic carbocycles. The van der Waals surface area contributed by atoms with E-state index in [1.54, 1.807) is 5.38 Å². The molecule has 24 heavy (non-hydrogen) atoms. The number of para-hydroxylation sites is 2. The molecule has 0 aliphatic heterocycles. The van der Waals surface area contributed by atoms with Crippen molar-refractivity contribution in [2.24, 2.45) is 11.7 Å². The second-order valence-corrected chi connectivity index (χ2v) is 7.07. The molecule has 0 fully saturated rings. The predicted molar refractivity (Wildman–Crippen MR) is 95.8 cm³/mol. The van der Waals surface area contributed by atoms with Crippen molar-refractivity contribution >= 4 is 28.3 Å². The summed E-state index contributed by atoms with van der Waals surface area (Å²) in [7, 11) is 0. The number of rotatable bonds is 6. The molecule has 1 amide bonds. The van der Waals surface area contributed by atoms with E-state index < -0.39 is 0 Å². The smallest absolute Gasteiger partial charge is 0.271 e. The minimum atomic E-state index is -0.197. The molecular weight excluding hydrogens is 322 g/mol. The number of aromatic amines is 1. The molecule has 0 spiro atoms. The quantitative estimate of drug-likeness (QED) is 0.641. The van der Waals surface area contributed by atoms with Crippen LogP contribution in [0, 0.1) is 5.92 Å². The fourth-order valence-corrected chi connectivity index (χ4v) is 3.24. The number of amides is 1. The molecule has 3 aromatic rings. The van der Waals surface area contributed by atoms with Crippen LogP contribution in [0.1, 0.15) is 47.6 Å². The summed E-state index contributed by atoms with van der Waals surface area (Å²) in [4.78, 5) is 24.7. The van der Waals surface area contributed by atoms with E-state index in [-0.39, 0.29) is 11.9 Å². The molecule has 4 N–H and O–H groups in total. The SMILES string of the molecule is CC(C)CC(NC(=O)c1csc(CN)n1)c1nc2ccccc2[nH]1. The first-order valence-electron chi connectivity index (χ1n) is 7.96. The van der Waals surface area contributed by atoms with Gasteiger partial charge in [0, 0.05) is 11.9 Å². The number of H-pyrrole nitrogens is 1. The van der Waals surface area contributed by atoms with Crippen LogP contribution < -0.4 is 11.1 Å². The topological polar surface area (TPSA) is 96.7 Å². The van der Waals surface area contributed by atoms with Gasteiger partial charge in [-0.3, -0.25) is 4.79 Å². The monoisotopic (exact) mass is 343 g/mol. The second-order valence-electron chi connectivity index (χ2n) is 6.13. The Morgan fingerprint density at radius 2 is 2.12 bits per heavy atom. The number of nitrogens with zero attached hydrogens (tertiary/aromatic N) is 2. The molecule has 2 heterocycles. The van der Waals surface area contributed by atoms with Crippen molar-refractivity contribution in [2.45, 2.75) is 32.9 Å². The molecule has 1 atom stereocenters. The summed E-state index contributed by atoms with van der Waals surface area (Å²) in [5, 5.41) is 5.54. The first kappa shape index (κ1) is 16.6. The fourth-order valence-electron chi connectivity index (χ4n) is 2.59. The Labute approximate surface area is 144 Å². The van der Waals surface area contributed by atoms with Crippen molar-refractivity contribution in [2.75, 3.05) is 0 Å². The van der Waals surface area contributed by atoms with E-state index in [4.69, 9.17) is 5.73 Å². The number of hydrogen-bond donors (Lipinski definition) is 3. The van der Waals surface area contributed by atoms with Crippen molar-refractivity contribution in [1.82, 2.24) is 20.3 Å². The zero-order chi connectivity index (χ0) is 17.1. The van der Waals surface area contributed by atoms with Gasteiger partial charge in [-0.05, 0) is 24.5 Å². The summed E-state index contributed by atoms with van der Waals surface area (Å²) < 4.78 is 0. The van der Waals surface area contributed by atoms with Gasteiger partial charge in [0.1, 0.15) is 16.5 Å². The number of carbonyl (C=O) groups excluding carboxylic acids is 1. The maximum absolute atomic E-state index is 12.5. The third-order valence-electron chi connectivity index (χ3n) is 3.71. The highest BCUT2D eigenvalue weighted by Gasteiger charge is 2.21. The molecule has 2 aromatic heterocycles. The molecule has 0 radical (unpaired) electrons. The average Bonchev–Trinajstić information content (AvgIpc) is 3.20. The van der Waals surface area contributed by atoms with Crippen LogP contribution in [0.2, 0.25) is 0 Å². The normalized spacial score (nSPS) is 12.7. The largest absolute Gasteiger partial charge is 0.341 e. The molecule has 126 valence electrons. The van der Waals surface area contributed by atoms with E-state index in [1.807, 2.05) is 24.3 Å². The number of nitrogens with two attached hydrogens (primary N) is 1. The summed E-state index contributed by atoms with van der Waals surface area (Å²) in [6.07, 6.45) is 0.791. The third kappa shape index (κ3) is 3.63. The van der Waals surface area contributed by atoms with E-state index in [0.29, 0.717) is 18.2 Å². The Morgan fingerprint density at radius 3 is 2.79 bits per heavy atom. The Hall–Kier alpha value is -2.25. The van der Waals surface area contributed by atoms with Gasteiger partial charge in [0.15, 0.2) is 0 Å². The Balaban J connectivity index is 1.84. The summed E-state index contributed by atoms with van der Waals surface area (Å²) in [6, 6.07) is 7.66. The van der Waals surface area contributed by atoms with E-state index in [9.17, 15) is 4.79 Å². The van der Waals surface area contributed by atoms with E-state index in [2.05, 4.69) is 34.1 Å². The number of thiazole rings is 1. The van der Waals surface area contributed by atoms with Crippen LogP contribution in [-0.4, -0.2) is 20.9 Å². The van der Waals surface area contributed by atoms with Crippen LogP contribution >= 0.6 is 11.3 Å². The number of carbonyl (C=O) groups is 1. The maximum Gasteiger partial charge on any atom is 0.271 e. The molecule has 3 rings (SSSR count). The molecule has 0 aliphatic rings. The number of hydrogen-bond acceptors (Lipinski definition) is 5. The van der Waals surface area contributed by atoms with Crippen LogP contribution in [0.4, 0.5) is 0 Å². The lowest BCUT2D eigenvalue weighted by Crippen LogP contribution is -2.30. The highest BCUT2D eigenvalue weighted by Crippen LogP contribution is 2.22. The van der Waals surface area contributed by atoms with Gasteiger partial charge in [-0.2, -0.15) is 0 Å². The van der Waals surface area contributed by atoms with Crippen LogP contribution in [-0.2, 0) is 6.54 Å². The lowest BCUT2D eigenvalue weighted by Gasteiger charge is -2.18. The van der Waals surface area contributed by atoms with Gasteiger partial charge in [-0.25, -0.2) is 9.97 Å². The van der Waals surface area contributed by atoms with Crippen LogP contribution in [0.15, 0.2) is 29.6 Å². The predicted octanol–water partition coefficient (Wildman–Crippen LogP) is 3.00. The van der Waals surface area contributed by atoms with Gasteiger partial charge in [0.2, 0.25) is 0 Å². The van der Waals surface area contributed by atoms with Gasteiger partial charge in [0.05, 0.1) is 17.1 Å². The lowest BCUT2D eigenvalue weighted by atomic mass is 10.0. The standard InChI is InChI=1S/C17H21N5OS/c1-10(2)7-13(16-20-11-5-3-4-6-12(11)21-16)22-17(23)14-9-24-15(8-18)19-14/h3-6,9-10,13H,7-8,18H2,1-2H3,(H,20,21)(H,22,23). The minimum Gasteiger partial charge on any atom is -0.341 e. The van der Waals surface area contributed by atoms with Crippen LogP contribution in [0.25, 0.3) is 11.0 Å². The molecule has 6 nitrogen and oxygen atoms in total. The van der Waals surface area contributed by atoms with Gasteiger partial charge in [-0.1, -0.05) is 26.0 Å². The molecule has 1 aromatic carbocycles. The van der Waals surface area contributed by atoms with Crippen molar-refractivity contribution in [3.63, 3.8) is 0 Å². The summed E-state index contributed by atoms with van der Waals surface area (Å²) >= 11 is 1.40. The zero-order valence-corrected chi connectivity index (χ0v) is 14.6. The summed E-state index contributed by atoms with van der Waals surface area (Å²) in [6.45, 7) is 4.59. The van der Waals surface area contributed by atoms with Crippen molar-refractivity contribution in [1.29, 1.82) is 0 Å². The Bertz CT molecular complexity index is 805. The highest BCUT2D eigenvalue weighted by atomic mass is 32.1. The first-order valence-corrected chi connectivity index (χ1v) is 8.84. The van der Waals surface area contributed by atoms with Gasteiger partial charge >= 0.3 is 0 Å². The molecule has 0 saturated carbocycles. The minimum absolute atomic E-state index is 0.187. The summed E-state index contributed by atoms with van der Waals surface area (Å²) in [5.74, 6) is 0.989. The van der Waals surface area contributed by atoms with Gasteiger partial charge < -0.3 is 16.0 Å². The first-order chi connectivity index (χ1) is 11.6. The summed E-state index contributed by atoms with van der Waals surface area (Å²) in [5.41, 5.74) is 7.84. The van der Waals surface area contributed by atoms with Crippen LogP contribution in [0.3, 0.4) is 0 Å². The van der Waals surface area contributed by atoms with Crippen LogP contribution in [0.5, 0.6) is 0 Å². The molecule has 0 bridgehead atoms. The van der Waals surface area contributed by atoms with Gasteiger partial charge in [-0.15, -0.1) is 11.3 Å². The number of aromatic nitrogens is 3. The molecule has 7 heteroatoms. The molecule has 0 saturated heterocycles. The fraction of sp³-hybridized carbons (Fsp3) is 0.353. The molecular formula is C17H21N5OS. The van der Waals surface area contributed by atoms with E-state index in [0.717, 1.165) is 28.3 Å². The number of nitrogens with one attached hydrogen (secondary N) is 2. The molecule has 1 unspecified atom stereocenters. The third-order valence-corrected chi connectivity index (χ3v) is 4.58. The Kier molecular flexibility index (Phi) is 4.92. The number of fused-ring (bicyclic) bond motifs is 1. The highest BCUT2D eigenvalue weighted by molar-refractivity contribution is 7.09. The lowest BCUT2D eigenvalue weighted by molar-refractivity contribution is 0.0925. The van der Waals surface area contributed by atoms with Crippen molar-refractivity contribution in [3.8, 4) is 0 Å². The van der Waals surface area contributed by atoms with E-state index >= 15 is 0 Å². The Morgan fingerprint density at radius 1 is 1.33 bits per heavy atom. The maximum atomic E-state index is 12.5.